The van der Waals surface area contributed by atoms with Crippen LogP contribution in [0.2, 0.25) is 0 Å². The Labute approximate surface area is 113 Å². The third-order valence-electron chi connectivity index (χ3n) is 3.02. The van der Waals surface area contributed by atoms with Gasteiger partial charge in [0.1, 0.15) is 5.75 Å². The molecule has 0 aliphatic carbocycles. The fourth-order valence-corrected chi connectivity index (χ4v) is 2.22. The highest BCUT2D eigenvalue weighted by Gasteiger charge is 2.02. The zero-order valence-electron chi connectivity index (χ0n) is 10.8. The lowest BCUT2D eigenvalue weighted by molar-refractivity contribution is -0.896. The van der Waals surface area contributed by atoms with Gasteiger partial charge < -0.3 is 9.64 Å². The number of benzene rings is 1. The van der Waals surface area contributed by atoms with Crippen LogP contribution in [0.25, 0.3) is 0 Å². The van der Waals surface area contributed by atoms with Gasteiger partial charge in [0.15, 0.2) is 0 Å². The predicted octanol–water partition coefficient (Wildman–Crippen LogP) is 2.53. The third-order valence-corrected chi connectivity index (χ3v) is 3.67. The molecule has 0 spiro atoms. The summed E-state index contributed by atoms with van der Waals surface area (Å²) in [4.78, 5) is 1.67. The van der Waals surface area contributed by atoms with Gasteiger partial charge in [0, 0.05) is 0 Å². The standard InChI is InChI=1S/C14H22BrNO/c1-3-16(4-2)11-7-8-12-17-14-10-6-5-9-13(14)15/h5-6,9-10H,3-4,7-8,11-12H2,1-2H3/p+1. The molecule has 1 rings (SSSR count). The number of ether oxygens (including phenoxy) is 1. The maximum absolute atomic E-state index is 5.73. The number of hydrogen-bond acceptors (Lipinski definition) is 1. The quantitative estimate of drug-likeness (QED) is 0.729. The SMILES string of the molecule is CC[NH+](CC)CCCCOc1ccccc1Br. The van der Waals surface area contributed by atoms with E-state index < -0.39 is 0 Å². The topological polar surface area (TPSA) is 13.7 Å². The predicted molar refractivity (Wildman–Crippen MR) is 75.8 cm³/mol. The van der Waals surface area contributed by atoms with E-state index in [1.165, 1.54) is 26.1 Å². The van der Waals surface area contributed by atoms with Crippen molar-refractivity contribution in [3.05, 3.63) is 28.7 Å². The van der Waals surface area contributed by atoms with E-state index >= 15 is 0 Å². The first-order valence-corrected chi connectivity index (χ1v) is 7.28. The van der Waals surface area contributed by atoms with Crippen molar-refractivity contribution in [2.75, 3.05) is 26.2 Å². The average Bonchev–Trinajstić information content (AvgIpc) is 2.36. The summed E-state index contributed by atoms with van der Waals surface area (Å²) in [5.41, 5.74) is 0. The largest absolute Gasteiger partial charge is 0.492 e. The van der Waals surface area contributed by atoms with E-state index in [2.05, 4.69) is 29.8 Å². The highest BCUT2D eigenvalue weighted by atomic mass is 79.9. The number of unbranched alkanes of at least 4 members (excludes halogenated alkanes) is 1. The first-order valence-electron chi connectivity index (χ1n) is 6.48. The van der Waals surface area contributed by atoms with Gasteiger partial charge in [-0.3, -0.25) is 0 Å². The van der Waals surface area contributed by atoms with Gasteiger partial charge in [0.05, 0.1) is 30.7 Å². The Hall–Kier alpha value is -0.540. The van der Waals surface area contributed by atoms with Gasteiger partial charge in [-0.15, -0.1) is 0 Å². The number of rotatable bonds is 8. The van der Waals surface area contributed by atoms with Crippen molar-refractivity contribution in [2.24, 2.45) is 0 Å². The second-order valence-corrected chi connectivity index (χ2v) is 5.05. The summed E-state index contributed by atoms with van der Waals surface area (Å²) < 4.78 is 6.77. The van der Waals surface area contributed by atoms with Gasteiger partial charge in [0.25, 0.3) is 0 Å². The van der Waals surface area contributed by atoms with Crippen LogP contribution in [0, 0.1) is 0 Å². The van der Waals surface area contributed by atoms with Crippen LogP contribution in [-0.2, 0) is 0 Å². The monoisotopic (exact) mass is 300 g/mol. The number of quaternary nitrogens is 1. The van der Waals surface area contributed by atoms with Crippen molar-refractivity contribution < 1.29 is 9.64 Å². The molecule has 0 aliphatic heterocycles. The van der Waals surface area contributed by atoms with Crippen LogP contribution >= 0.6 is 15.9 Å². The summed E-state index contributed by atoms with van der Waals surface area (Å²) in [5.74, 6) is 0.947. The van der Waals surface area contributed by atoms with Crippen molar-refractivity contribution in [1.29, 1.82) is 0 Å². The lowest BCUT2D eigenvalue weighted by Crippen LogP contribution is -3.11. The van der Waals surface area contributed by atoms with Crippen LogP contribution in [0.5, 0.6) is 5.75 Å². The molecule has 1 N–H and O–H groups in total. The minimum Gasteiger partial charge on any atom is -0.492 e. The smallest absolute Gasteiger partial charge is 0.133 e. The molecule has 0 saturated heterocycles. The summed E-state index contributed by atoms with van der Waals surface area (Å²) in [6, 6.07) is 8.01. The highest BCUT2D eigenvalue weighted by Crippen LogP contribution is 2.23. The number of para-hydroxylation sites is 1. The summed E-state index contributed by atoms with van der Waals surface area (Å²) in [7, 11) is 0. The van der Waals surface area contributed by atoms with Gasteiger partial charge >= 0.3 is 0 Å². The summed E-state index contributed by atoms with van der Waals surface area (Å²) in [5, 5.41) is 0. The maximum Gasteiger partial charge on any atom is 0.133 e. The fraction of sp³-hybridized carbons (Fsp3) is 0.571. The Morgan fingerprint density at radius 2 is 1.82 bits per heavy atom. The number of hydrogen-bond donors (Lipinski definition) is 1. The fourth-order valence-electron chi connectivity index (χ4n) is 1.82. The molecule has 0 heterocycles. The molecule has 0 saturated carbocycles. The van der Waals surface area contributed by atoms with Crippen molar-refractivity contribution in [3.8, 4) is 5.75 Å². The molecule has 0 radical (unpaired) electrons. The lowest BCUT2D eigenvalue weighted by Gasteiger charge is -2.15. The van der Waals surface area contributed by atoms with Gasteiger partial charge in [0.2, 0.25) is 0 Å². The zero-order valence-corrected chi connectivity index (χ0v) is 12.4. The molecular weight excluding hydrogens is 278 g/mol. The van der Waals surface area contributed by atoms with Gasteiger partial charge in [-0.2, -0.15) is 0 Å². The molecule has 0 aromatic heterocycles. The minimum atomic E-state index is 0.809. The van der Waals surface area contributed by atoms with Crippen molar-refractivity contribution in [1.82, 2.24) is 0 Å². The van der Waals surface area contributed by atoms with Crippen LogP contribution in [0.3, 0.4) is 0 Å². The molecule has 0 aliphatic rings. The van der Waals surface area contributed by atoms with E-state index in [0.29, 0.717) is 0 Å². The second kappa shape index (κ2) is 8.54. The van der Waals surface area contributed by atoms with E-state index in [4.69, 9.17) is 4.74 Å². The minimum absolute atomic E-state index is 0.809. The molecule has 2 nitrogen and oxygen atoms in total. The van der Waals surface area contributed by atoms with E-state index in [1.807, 2.05) is 24.3 Å². The molecule has 3 heteroatoms. The first-order chi connectivity index (χ1) is 8.27. The molecule has 0 fully saturated rings. The molecule has 0 amide bonds. The molecular formula is C14H23BrNO+. The molecule has 0 atom stereocenters. The number of nitrogens with one attached hydrogen (secondary N) is 1. The van der Waals surface area contributed by atoms with Crippen molar-refractivity contribution in [3.63, 3.8) is 0 Å². The molecule has 1 aromatic carbocycles. The summed E-state index contributed by atoms with van der Waals surface area (Å²) >= 11 is 3.48. The molecule has 0 bridgehead atoms. The van der Waals surface area contributed by atoms with Crippen molar-refractivity contribution >= 4 is 15.9 Å². The third kappa shape index (κ3) is 5.55. The Morgan fingerprint density at radius 1 is 1.12 bits per heavy atom. The maximum atomic E-state index is 5.73. The Kier molecular flexibility index (Phi) is 7.29. The summed E-state index contributed by atoms with van der Waals surface area (Å²) in [6.45, 7) is 9.01. The van der Waals surface area contributed by atoms with E-state index in [9.17, 15) is 0 Å². The number of halogens is 1. The van der Waals surface area contributed by atoms with Gasteiger partial charge in [-0.1, -0.05) is 12.1 Å². The van der Waals surface area contributed by atoms with Crippen molar-refractivity contribution in [2.45, 2.75) is 26.7 Å². The van der Waals surface area contributed by atoms with Crippen LogP contribution in [0.15, 0.2) is 28.7 Å². The van der Waals surface area contributed by atoms with Crippen LogP contribution in [0.1, 0.15) is 26.7 Å². The molecule has 17 heavy (non-hydrogen) atoms. The summed E-state index contributed by atoms with van der Waals surface area (Å²) in [6.07, 6.45) is 2.37. The highest BCUT2D eigenvalue weighted by molar-refractivity contribution is 9.10. The van der Waals surface area contributed by atoms with Crippen LogP contribution < -0.4 is 9.64 Å². The lowest BCUT2D eigenvalue weighted by atomic mass is 10.3. The Bertz CT molecular complexity index is 313. The first kappa shape index (κ1) is 14.5. The Balaban J connectivity index is 2.14. The van der Waals surface area contributed by atoms with E-state index in [-0.39, 0.29) is 0 Å². The Morgan fingerprint density at radius 3 is 2.47 bits per heavy atom. The van der Waals surface area contributed by atoms with E-state index in [1.54, 1.807) is 4.90 Å². The molecule has 1 aromatic rings. The molecule has 96 valence electrons. The normalized spacial score (nSPS) is 10.8. The van der Waals surface area contributed by atoms with E-state index in [0.717, 1.165) is 23.2 Å². The second-order valence-electron chi connectivity index (χ2n) is 4.19. The average molecular weight is 301 g/mol. The van der Waals surface area contributed by atoms with Gasteiger partial charge in [-0.05, 0) is 54.8 Å². The molecule has 0 unspecified atom stereocenters. The van der Waals surface area contributed by atoms with Crippen LogP contribution in [0.4, 0.5) is 0 Å². The van der Waals surface area contributed by atoms with Crippen LogP contribution in [-0.4, -0.2) is 26.2 Å². The zero-order chi connectivity index (χ0) is 12.5. The van der Waals surface area contributed by atoms with Gasteiger partial charge in [-0.25, -0.2) is 0 Å².